The highest BCUT2D eigenvalue weighted by atomic mass is 32.1. The Bertz CT molecular complexity index is 942. The first-order valence-electron chi connectivity index (χ1n) is 8.33. The van der Waals surface area contributed by atoms with Gasteiger partial charge in [-0.05, 0) is 28.8 Å². The zero-order valence-corrected chi connectivity index (χ0v) is 15.3. The lowest BCUT2D eigenvalue weighted by atomic mass is 9.93. The SMILES string of the molecule is O=C(O)CC(c1cccc(-c2cccc(OCC(F)(F)F)c2)c1)c1nccs1. The molecule has 0 aliphatic carbocycles. The van der Waals surface area contributed by atoms with Gasteiger partial charge in [0.2, 0.25) is 0 Å². The van der Waals surface area contributed by atoms with E-state index in [0.717, 1.165) is 11.1 Å². The summed E-state index contributed by atoms with van der Waals surface area (Å²) in [5.41, 5.74) is 2.20. The quantitative estimate of drug-likeness (QED) is 0.573. The number of rotatable bonds is 7. The molecule has 4 nitrogen and oxygen atoms in total. The Labute approximate surface area is 163 Å². The van der Waals surface area contributed by atoms with E-state index in [4.69, 9.17) is 4.74 Å². The third-order valence-corrected chi connectivity index (χ3v) is 4.88. The van der Waals surface area contributed by atoms with E-state index in [-0.39, 0.29) is 12.2 Å². The van der Waals surface area contributed by atoms with Crippen molar-refractivity contribution in [3.63, 3.8) is 0 Å². The summed E-state index contributed by atoms with van der Waals surface area (Å²) in [5, 5.41) is 11.7. The van der Waals surface area contributed by atoms with Crippen LogP contribution in [-0.4, -0.2) is 28.8 Å². The van der Waals surface area contributed by atoms with Crippen LogP contribution in [0.5, 0.6) is 5.75 Å². The second kappa shape index (κ2) is 8.43. The third-order valence-electron chi connectivity index (χ3n) is 3.99. The molecule has 28 heavy (non-hydrogen) atoms. The van der Waals surface area contributed by atoms with Crippen molar-refractivity contribution in [2.24, 2.45) is 0 Å². The van der Waals surface area contributed by atoms with Gasteiger partial charge in [0.05, 0.1) is 6.42 Å². The number of alkyl halides is 3. The first-order valence-corrected chi connectivity index (χ1v) is 9.21. The fourth-order valence-corrected chi connectivity index (χ4v) is 3.56. The number of thiazole rings is 1. The molecule has 1 heterocycles. The van der Waals surface area contributed by atoms with E-state index >= 15 is 0 Å². The summed E-state index contributed by atoms with van der Waals surface area (Å²) in [5.74, 6) is -1.22. The summed E-state index contributed by atoms with van der Waals surface area (Å²) in [7, 11) is 0. The van der Waals surface area contributed by atoms with Crippen molar-refractivity contribution in [3.05, 3.63) is 70.7 Å². The van der Waals surface area contributed by atoms with Crippen molar-refractivity contribution in [3.8, 4) is 16.9 Å². The van der Waals surface area contributed by atoms with Gasteiger partial charge in [-0.3, -0.25) is 4.79 Å². The fourth-order valence-electron chi connectivity index (χ4n) is 2.79. The second-order valence-corrected chi connectivity index (χ2v) is 7.00. The van der Waals surface area contributed by atoms with E-state index in [1.165, 1.54) is 23.5 Å². The van der Waals surface area contributed by atoms with Crippen LogP contribution >= 0.6 is 11.3 Å². The molecule has 0 spiro atoms. The summed E-state index contributed by atoms with van der Waals surface area (Å²) < 4.78 is 41.9. The predicted octanol–water partition coefficient (Wildman–Crippen LogP) is 5.36. The molecule has 3 aromatic rings. The van der Waals surface area contributed by atoms with Gasteiger partial charge < -0.3 is 9.84 Å². The molecule has 8 heteroatoms. The number of hydrogen-bond donors (Lipinski definition) is 1. The molecule has 1 aromatic heterocycles. The van der Waals surface area contributed by atoms with E-state index < -0.39 is 24.7 Å². The van der Waals surface area contributed by atoms with Gasteiger partial charge in [0.15, 0.2) is 6.61 Å². The number of ether oxygens (including phenoxy) is 1. The lowest BCUT2D eigenvalue weighted by molar-refractivity contribution is -0.153. The summed E-state index contributed by atoms with van der Waals surface area (Å²) in [6.07, 6.45) is -2.89. The number of carboxylic acids is 1. The van der Waals surface area contributed by atoms with Crippen molar-refractivity contribution in [1.82, 2.24) is 4.98 Å². The molecule has 0 aliphatic rings. The third kappa shape index (κ3) is 5.32. The Hall–Kier alpha value is -2.87. The summed E-state index contributed by atoms with van der Waals surface area (Å²) in [6, 6.07) is 13.6. The predicted molar refractivity (Wildman–Crippen MR) is 99.6 cm³/mol. The largest absolute Gasteiger partial charge is 0.484 e. The van der Waals surface area contributed by atoms with Gasteiger partial charge in [0.1, 0.15) is 10.8 Å². The summed E-state index contributed by atoms with van der Waals surface area (Å²) >= 11 is 1.38. The highest BCUT2D eigenvalue weighted by molar-refractivity contribution is 7.09. The fraction of sp³-hybridized carbons (Fsp3) is 0.200. The maximum atomic E-state index is 12.4. The molecule has 0 radical (unpaired) electrons. The van der Waals surface area contributed by atoms with Crippen molar-refractivity contribution in [2.75, 3.05) is 6.61 Å². The van der Waals surface area contributed by atoms with Gasteiger partial charge in [0, 0.05) is 17.5 Å². The molecule has 1 atom stereocenters. The molecule has 0 aliphatic heterocycles. The van der Waals surface area contributed by atoms with Crippen LogP contribution in [0, 0.1) is 0 Å². The molecule has 1 unspecified atom stereocenters. The van der Waals surface area contributed by atoms with Crippen LogP contribution < -0.4 is 4.74 Å². The molecule has 146 valence electrons. The van der Waals surface area contributed by atoms with Gasteiger partial charge in [0.25, 0.3) is 0 Å². The van der Waals surface area contributed by atoms with E-state index in [9.17, 15) is 23.1 Å². The maximum Gasteiger partial charge on any atom is 0.422 e. The molecule has 0 amide bonds. The smallest absolute Gasteiger partial charge is 0.422 e. The lowest BCUT2D eigenvalue weighted by Crippen LogP contribution is -2.19. The van der Waals surface area contributed by atoms with Crippen LogP contribution in [-0.2, 0) is 4.79 Å². The van der Waals surface area contributed by atoms with E-state index in [2.05, 4.69) is 4.98 Å². The van der Waals surface area contributed by atoms with Crippen molar-refractivity contribution in [1.29, 1.82) is 0 Å². The topological polar surface area (TPSA) is 59.4 Å². The van der Waals surface area contributed by atoms with Gasteiger partial charge in [-0.15, -0.1) is 11.3 Å². The van der Waals surface area contributed by atoms with Gasteiger partial charge >= 0.3 is 12.1 Å². The molecule has 2 aromatic carbocycles. The standard InChI is InChI=1S/C20H16F3NO3S/c21-20(22,23)12-27-16-6-2-4-14(10-16)13-3-1-5-15(9-13)17(11-18(25)26)19-24-7-8-28-19/h1-10,17H,11-12H2,(H,25,26). The number of aromatic nitrogens is 1. The number of halogens is 3. The van der Waals surface area contributed by atoms with E-state index in [1.54, 1.807) is 29.8 Å². The average Bonchev–Trinajstić information content (AvgIpc) is 3.18. The second-order valence-electron chi connectivity index (χ2n) is 6.08. The lowest BCUT2D eigenvalue weighted by Gasteiger charge is -2.15. The van der Waals surface area contributed by atoms with Gasteiger partial charge in [-0.2, -0.15) is 13.2 Å². The van der Waals surface area contributed by atoms with Crippen molar-refractivity contribution < 1.29 is 27.8 Å². The first-order chi connectivity index (χ1) is 13.3. The zero-order valence-electron chi connectivity index (χ0n) is 14.5. The van der Waals surface area contributed by atoms with E-state index in [1.807, 2.05) is 18.2 Å². The van der Waals surface area contributed by atoms with Crippen molar-refractivity contribution >= 4 is 17.3 Å². The molecule has 0 bridgehead atoms. The summed E-state index contributed by atoms with van der Waals surface area (Å²) in [4.78, 5) is 15.5. The Morgan fingerprint density at radius 1 is 1.14 bits per heavy atom. The minimum atomic E-state index is -4.41. The molecule has 0 saturated heterocycles. The van der Waals surface area contributed by atoms with Crippen LogP contribution in [0.1, 0.15) is 22.9 Å². The number of aliphatic carboxylic acids is 1. The Balaban J connectivity index is 1.89. The van der Waals surface area contributed by atoms with E-state index in [0.29, 0.717) is 10.6 Å². The zero-order chi connectivity index (χ0) is 20.1. The monoisotopic (exact) mass is 407 g/mol. The first kappa shape index (κ1) is 19.9. The van der Waals surface area contributed by atoms with Gasteiger partial charge in [-0.25, -0.2) is 4.98 Å². The normalized spacial score (nSPS) is 12.5. The highest BCUT2D eigenvalue weighted by Gasteiger charge is 2.28. The average molecular weight is 407 g/mol. The van der Waals surface area contributed by atoms with Gasteiger partial charge in [-0.1, -0.05) is 36.4 Å². The number of hydrogen-bond acceptors (Lipinski definition) is 4. The Morgan fingerprint density at radius 2 is 1.86 bits per heavy atom. The summed E-state index contributed by atoms with van der Waals surface area (Å²) in [6.45, 7) is -1.36. The van der Waals surface area contributed by atoms with Crippen LogP contribution in [0.3, 0.4) is 0 Å². The maximum absolute atomic E-state index is 12.4. The van der Waals surface area contributed by atoms with Crippen LogP contribution in [0.4, 0.5) is 13.2 Å². The number of nitrogens with zero attached hydrogens (tertiary/aromatic N) is 1. The Kier molecular flexibility index (Phi) is 5.99. The molecule has 3 rings (SSSR count). The molecule has 0 saturated carbocycles. The molecular formula is C20H16F3NO3S. The number of carboxylic acid groups (broad SMARTS) is 1. The minimum Gasteiger partial charge on any atom is -0.484 e. The molecule has 1 N–H and O–H groups in total. The van der Waals surface area contributed by atoms with Crippen LogP contribution in [0.25, 0.3) is 11.1 Å². The van der Waals surface area contributed by atoms with Crippen LogP contribution in [0.15, 0.2) is 60.1 Å². The molecular weight excluding hydrogens is 391 g/mol. The Morgan fingerprint density at radius 3 is 2.50 bits per heavy atom. The van der Waals surface area contributed by atoms with Crippen LogP contribution in [0.2, 0.25) is 0 Å². The number of carbonyl (C=O) groups is 1. The van der Waals surface area contributed by atoms with Crippen molar-refractivity contribution in [2.45, 2.75) is 18.5 Å². The minimum absolute atomic E-state index is 0.105. The molecule has 0 fully saturated rings. The number of benzene rings is 2. The highest BCUT2D eigenvalue weighted by Crippen LogP contribution is 2.33.